The molecule has 0 bridgehead atoms. The van der Waals surface area contributed by atoms with Gasteiger partial charge >= 0.3 is 0 Å². The normalized spacial score (nSPS) is 15.0. The Kier molecular flexibility index (Phi) is 10.6. The van der Waals surface area contributed by atoms with Crippen LogP contribution in [0, 0.1) is 5.92 Å². The Morgan fingerprint density at radius 3 is 2.13 bits per heavy atom. The van der Waals surface area contributed by atoms with Crippen molar-refractivity contribution < 1.29 is 28.5 Å². The smallest absolute Gasteiger partial charge is 0.242 e. The number of methoxy groups -OCH3 is 4. The van der Waals surface area contributed by atoms with Gasteiger partial charge in [-0.05, 0) is 78.3 Å². The third kappa shape index (κ3) is 7.16. The molecule has 10 nitrogen and oxygen atoms in total. The first-order valence-corrected chi connectivity index (χ1v) is 15.0. The van der Waals surface area contributed by atoms with Crippen molar-refractivity contribution >= 4 is 17.5 Å². The highest BCUT2D eigenvalue weighted by Gasteiger charge is 2.30. The Balaban J connectivity index is 1.74. The first-order chi connectivity index (χ1) is 21.5. The second-order valence-corrected chi connectivity index (χ2v) is 11.5. The first kappa shape index (κ1) is 33.2. The number of amides is 2. The lowest BCUT2D eigenvalue weighted by molar-refractivity contribution is -0.122. The minimum atomic E-state index is -0.725. The van der Waals surface area contributed by atoms with E-state index < -0.39 is 12.1 Å². The third-order valence-corrected chi connectivity index (χ3v) is 8.12. The molecule has 0 unspecified atom stereocenters. The van der Waals surface area contributed by atoms with Crippen LogP contribution in [0.1, 0.15) is 62.9 Å². The van der Waals surface area contributed by atoms with Gasteiger partial charge in [0.2, 0.25) is 23.0 Å². The zero-order valence-electron chi connectivity index (χ0n) is 27.2. The molecule has 0 saturated heterocycles. The van der Waals surface area contributed by atoms with Crippen molar-refractivity contribution in [1.82, 2.24) is 10.6 Å². The molecule has 4 rings (SSSR count). The molecule has 0 saturated carbocycles. The lowest BCUT2D eigenvalue weighted by Crippen LogP contribution is -2.41. The summed E-state index contributed by atoms with van der Waals surface area (Å²) in [5.74, 6) is 1.81. The minimum absolute atomic E-state index is 0.117. The van der Waals surface area contributed by atoms with E-state index in [4.69, 9.17) is 18.9 Å². The van der Waals surface area contributed by atoms with Crippen LogP contribution in [-0.4, -0.2) is 46.3 Å². The van der Waals surface area contributed by atoms with Crippen LogP contribution in [0.4, 0.5) is 5.69 Å². The summed E-state index contributed by atoms with van der Waals surface area (Å²) in [6, 6.07) is 13.1. The van der Waals surface area contributed by atoms with Crippen LogP contribution in [-0.2, 0) is 16.0 Å². The van der Waals surface area contributed by atoms with Crippen LogP contribution < -0.4 is 40.3 Å². The number of carbonyl (C=O) groups excluding carboxylic acids is 2. The van der Waals surface area contributed by atoms with E-state index in [2.05, 4.69) is 16.0 Å². The van der Waals surface area contributed by atoms with E-state index in [9.17, 15) is 14.4 Å². The van der Waals surface area contributed by atoms with Gasteiger partial charge in [-0.1, -0.05) is 32.0 Å². The minimum Gasteiger partial charge on any atom is -0.497 e. The predicted molar refractivity (Wildman–Crippen MR) is 174 cm³/mol. The number of ether oxygens (including phenoxy) is 4. The molecule has 1 aliphatic carbocycles. The van der Waals surface area contributed by atoms with Gasteiger partial charge in [0.1, 0.15) is 11.8 Å². The van der Waals surface area contributed by atoms with E-state index in [0.717, 1.165) is 22.4 Å². The second kappa shape index (κ2) is 14.4. The lowest BCUT2D eigenvalue weighted by Gasteiger charge is -2.25. The van der Waals surface area contributed by atoms with Gasteiger partial charge in [0.15, 0.2) is 11.5 Å². The van der Waals surface area contributed by atoms with Crippen LogP contribution in [0.5, 0.6) is 23.0 Å². The number of benzene rings is 2. The van der Waals surface area contributed by atoms with Crippen molar-refractivity contribution in [1.29, 1.82) is 0 Å². The van der Waals surface area contributed by atoms with Crippen LogP contribution in [0.2, 0.25) is 0 Å². The summed E-state index contributed by atoms with van der Waals surface area (Å²) in [6.45, 7) is 7.24. The van der Waals surface area contributed by atoms with Gasteiger partial charge in [0, 0.05) is 12.5 Å². The van der Waals surface area contributed by atoms with E-state index >= 15 is 0 Å². The molecule has 0 aromatic heterocycles. The summed E-state index contributed by atoms with van der Waals surface area (Å²) in [7, 11) is 6.27. The Morgan fingerprint density at radius 1 is 0.867 bits per heavy atom. The van der Waals surface area contributed by atoms with Gasteiger partial charge in [0.25, 0.3) is 0 Å². The summed E-state index contributed by atoms with van der Waals surface area (Å²) >= 11 is 0. The Labute approximate surface area is 264 Å². The summed E-state index contributed by atoms with van der Waals surface area (Å²) in [5.41, 5.74) is 3.92. The SMILES string of the molecule is COc1ccc([C@H](NC(=O)[C@H](C)Nc2ccc3c(cc2=O)[C@@H](NC(C)=O)CCc2cc(OC)c(OC)c(OC)c2-3)C(C)C)cc1. The van der Waals surface area contributed by atoms with Gasteiger partial charge in [-0.25, -0.2) is 0 Å². The van der Waals surface area contributed by atoms with Gasteiger partial charge in [-0.3, -0.25) is 14.4 Å². The van der Waals surface area contributed by atoms with Crippen molar-refractivity contribution in [2.24, 2.45) is 5.92 Å². The number of rotatable bonds is 11. The molecule has 240 valence electrons. The largest absolute Gasteiger partial charge is 0.497 e. The Morgan fingerprint density at radius 2 is 1.56 bits per heavy atom. The quantitative estimate of drug-likeness (QED) is 0.269. The van der Waals surface area contributed by atoms with E-state index in [1.807, 2.05) is 50.2 Å². The van der Waals surface area contributed by atoms with Crippen molar-refractivity contribution in [2.75, 3.05) is 33.8 Å². The molecule has 10 heteroatoms. The lowest BCUT2D eigenvalue weighted by atomic mass is 9.95. The topological polar surface area (TPSA) is 124 Å². The first-order valence-electron chi connectivity index (χ1n) is 15.0. The second-order valence-electron chi connectivity index (χ2n) is 11.5. The molecular weight excluding hydrogens is 574 g/mol. The number of hydrogen-bond acceptors (Lipinski definition) is 8. The molecule has 0 heterocycles. The fourth-order valence-corrected chi connectivity index (χ4v) is 5.85. The third-order valence-electron chi connectivity index (χ3n) is 8.12. The zero-order chi connectivity index (χ0) is 32.8. The fourth-order valence-electron chi connectivity index (χ4n) is 5.85. The highest BCUT2D eigenvalue weighted by Crippen LogP contribution is 2.50. The molecule has 0 fully saturated rings. The molecule has 45 heavy (non-hydrogen) atoms. The van der Waals surface area contributed by atoms with E-state index in [-0.39, 0.29) is 34.9 Å². The molecule has 3 N–H and O–H groups in total. The molecule has 0 spiro atoms. The fraction of sp³-hybridized carbons (Fsp3) is 0.400. The maximum Gasteiger partial charge on any atom is 0.242 e. The predicted octanol–water partition coefficient (Wildman–Crippen LogP) is 5.19. The molecule has 3 aromatic carbocycles. The zero-order valence-corrected chi connectivity index (χ0v) is 27.2. The van der Waals surface area contributed by atoms with Crippen molar-refractivity contribution in [2.45, 2.75) is 58.7 Å². The number of fused-ring (bicyclic) bond motifs is 3. The number of anilines is 1. The average molecular weight is 618 g/mol. The molecule has 3 aromatic rings. The van der Waals surface area contributed by atoms with E-state index in [0.29, 0.717) is 41.2 Å². The highest BCUT2D eigenvalue weighted by molar-refractivity contribution is 5.86. The number of aryl methyl sites for hydroxylation is 1. The Bertz CT molecular complexity index is 1600. The Hall–Kier alpha value is -4.73. The maximum absolute atomic E-state index is 13.7. The van der Waals surface area contributed by atoms with E-state index in [1.165, 1.54) is 20.1 Å². The summed E-state index contributed by atoms with van der Waals surface area (Å²) < 4.78 is 22.4. The van der Waals surface area contributed by atoms with Gasteiger partial charge < -0.3 is 34.9 Å². The monoisotopic (exact) mass is 617 g/mol. The van der Waals surface area contributed by atoms with Gasteiger partial charge in [-0.2, -0.15) is 0 Å². The van der Waals surface area contributed by atoms with Crippen molar-refractivity contribution in [3.05, 3.63) is 75.4 Å². The molecule has 0 radical (unpaired) electrons. The van der Waals surface area contributed by atoms with Crippen molar-refractivity contribution in [3.63, 3.8) is 0 Å². The van der Waals surface area contributed by atoms with Crippen LogP contribution >= 0.6 is 0 Å². The van der Waals surface area contributed by atoms with Crippen LogP contribution in [0.15, 0.2) is 53.3 Å². The van der Waals surface area contributed by atoms with Crippen LogP contribution in [0.3, 0.4) is 0 Å². The summed E-state index contributed by atoms with van der Waals surface area (Å²) in [5, 5.41) is 9.26. The average Bonchev–Trinajstić information content (AvgIpc) is 3.26. The number of hydrogen-bond donors (Lipinski definition) is 3. The van der Waals surface area contributed by atoms with Gasteiger partial charge in [-0.15, -0.1) is 0 Å². The number of nitrogens with one attached hydrogen (secondary N) is 3. The molecule has 1 aliphatic rings. The van der Waals surface area contributed by atoms with Gasteiger partial charge in [0.05, 0.1) is 46.2 Å². The number of carbonyl (C=O) groups is 2. The van der Waals surface area contributed by atoms with Crippen LogP contribution in [0.25, 0.3) is 11.1 Å². The van der Waals surface area contributed by atoms with E-state index in [1.54, 1.807) is 34.3 Å². The van der Waals surface area contributed by atoms with Crippen molar-refractivity contribution in [3.8, 4) is 34.1 Å². The summed E-state index contributed by atoms with van der Waals surface area (Å²) in [4.78, 5) is 39.3. The maximum atomic E-state index is 13.7. The standard InChI is InChI=1S/C35H43N3O7/c1-19(2)32(22-9-12-24(42-5)13-10-22)38-35(41)20(3)36-28-16-14-25-26(18-29(28)40)27(37-21(4)39)15-11-23-17-30(43-6)33(44-7)34(45-8)31(23)25/h9-10,12-14,16-20,27,32H,11,15H2,1-8H3,(H,36,40)(H,37,39)(H,38,41)/t20-,27-,32+/m0/s1. The molecule has 0 aliphatic heterocycles. The highest BCUT2D eigenvalue weighted by atomic mass is 16.5. The molecular formula is C35H43N3O7. The summed E-state index contributed by atoms with van der Waals surface area (Å²) in [6.07, 6.45) is 1.14. The molecule has 3 atom stereocenters. The molecule has 2 amide bonds.